The van der Waals surface area contributed by atoms with E-state index in [-0.39, 0.29) is 0 Å². The van der Waals surface area contributed by atoms with E-state index >= 15 is 0 Å². The van der Waals surface area contributed by atoms with Gasteiger partial charge in [-0.25, -0.2) is 4.98 Å². The highest BCUT2D eigenvalue weighted by Gasteiger charge is 2.23. The number of pyridine rings is 1. The summed E-state index contributed by atoms with van der Waals surface area (Å²) in [6, 6.07) is 5.93. The van der Waals surface area contributed by atoms with E-state index in [0.717, 1.165) is 30.0 Å². The summed E-state index contributed by atoms with van der Waals surface area (Å²) in [4.78, 5) is 7.19. The van der Waals surface area contributed by atoms with Crippen molar-refractivity contribution in [2.75, 3.05) is 11.9 Å². The lowest BCUT2D eigenvalue weighted by Gasteiger charge is -2.34. The fraction of sp³-hybridized carbons (Fsp3) is 0.722. The van der Waals surface area contributed by atoms with Crippen LogP contribution < -0.4 is 10.2 Å². The number of nitrogens with zero attached hydrogens (tertiary/aromatic N) is 2. The number of hydrogen-bond donors (Lipinski definition) is 1. The minimum atomic E-state index is 0.666. The molecule has 0 aliphatic heterocycles. The Bertz CT molecular complexity index is 473. The molecule has 3 rings (SSSR count). The molecule has 0 aromatic carbocycles. The van der Waals surface area contributed by atoms with Crippen LogP contribution >= 0.6 is 0 Å². The molecule has 1 aromatic rings. The lowest BCUT2D eigenvalue weighted by Crippen LogP contribution is -2.35. The van der Waals surface area contributed by atoms with E-state index in [0.29, 0.717) is 6.04 Å². The van der Waals surface area contributed by atoms with Crippen molar-refractivity contribution in [1.82, 2.24) is 10.3 Å². The molecule has 2 fully saturated rings. The lowest BCUT2D eigenvalue weighted by molar-refractivity contribution is 0.340. The highest BCUT2D eigenvalue weighted by atomic mass is 15.2. The summed E-state index contributed by atoms with van der Waals surface area (Å²) in [5.41, 5.74) is 2.51. The van der Waals surface area contributed by atoms with Crippen LogP contribution in [0.3, 0.4) is 0 Å². The maximum atomic E-state index is 4.77. The number of anilines is 1. The number of hydrogen-bond acceptors (Lipinski definition) is 3. The van der Waals surface area contributed by atoms with Gasteiger partial charge in [0.15, 0.2) is 0 Å². The van der Waals surface area contributed by atoms with E-state index in [1.807, 2.05) is 0 Å². The van der Waals surface area contributed by atoms with Gasteiger partial charge in [0, 0.05) is 31.4 Å². The molecular weight excluding hydrogens is 258 g/mol. The third-order valence-corrected chi connectivity index (χ3v) is 5.07. The summed E-state index contributed by atoms with van der Waals surface area (Å²) in [5.74, 6) is 2.06. The molecule has 3 heteroatoms. The van der Waals surface area contributed by atoms with Gasteiger partial charge in [0.2, 0.25) is 0 Å². The number of nitrogens with one attached hydrogen (secondary N) is 1. The van der Waals surface area contributed by atoms with Crippen molar-refractivity contribution in [2.24, 2.45) is 5.92 Å². The summed E-state index contributed by atoms with van der Waals surface area (Å²) < 4.78 is 0. The highest BCUT2D eigenvalue weighted by molar-refractivity contribution is 5.43. The van der Waals surface area contributed by atoms with Gasteiger partial charge in [-0.2, -0.15) is 0 Å². The first-order valence-electron chi connectivity index (χ1n) is 8.55. The van der Waals surface area contributed by atoms with E-state index < -0.39 is 0 Å². The summed E-state index contributed by atoms with van der Waals surface area (Å²) in [5, 5.41) is 3.61. The average Bonchev–Trinajstić information content (AvgIpc) is 3.29. The third kappa shape index (κ3) is 3.97. The molecule has 0 atom stereocenters. The monoisotopic (exact) mass is 287 g/mol. The third-order valence-electron chi connectivity index (χ3n) is 5.07. The smallest absolute Gasteiger partial charge is 0.129 e. The van der Waals surface area contributed by atoms with Crippen LogP contribution in [0.4, 0.5) is 5.82 Å². The van der Waals surface area contributed by atoms with Crippen molar-refractivity contribution < 1.29 is 0 Å². The lowest BCUT2D eigenvalue weighted by atomic mass is 9.87. The zero-order chi connectivity index (χ0) is 14.8. The summed E-state index contributed by atoms with van der Waals surface area (Å²) in [6.07, 6.45) is 8.02. The van der Waals surface area contributed by atoms with Gasteiger partial charge < -0.3 is 10.2 Å². The molecule has 21 heavy (non-hydrogen) atoms. The van der Waals surface area contributed by atoms with Crippen LogP contribution in [0.1, 0.15) is 56.7 Å². The number of rotatable bonds is 5. The molecule has 2 saturated carbocycles. The summed E-state index contributed by atoms with van der Waals surface area (Å²) >= 11 is 0. The largest absolute Gasteiger partial charge is 0.357 e. The molecule has 0 saturated heterocycles. The minimum Gasteiger partial charge on any atom is -0.357 e. The SMILES string of the molecule is Cc1cc(CNC2CC2)cc(N(C)C2CCC(C)CC2)n1. The summed E-state index contributed by atoms with van der Waals surface area (Å²) in [7, 11) is 2.22. The molecule has 0 spiro atoms. The highest BCUT2D eigenvalue weighted by Crippen LogP contribution is 2.29. The van der Waals surface area contributed by atoms with Crippen molar-refractivity contribution in [1.29, 1.82) is 0 Å². The van der Waals surface area contributed by atoms with Crippen LogP contribution in [0.15, 0.2) is 12.1 Å². The molecule has 2 aliphatic carbocycles. The standard InChI is InChI=1S/C18H29N3/c1-13-4-8-17(9-5-13)21(3)18-11-15(10-14(2)20-18)12-19-16-6-7-16/h10-11,13,16-17,19H,4-9,12H2,1-3H3. The molecule has 1 heterocycles. The first-order chi connectivity index (χ1) is 10.1. The zero-order valence-electron chi connectivity index (χ0n) is 13.7. The van der Waals surface area contributed by atoms with Crippen molar-refractivity contribution in [2.45, 2.75) is 71.0 Å². The number of aromatic nitrogens is 1. The Morgan fingerprint density at radius 2 is 1.86 bits per heavy atom. The molecule has 3 nitrogen and oxygen atoms in total. The molecule has 0 unspecified atom stereocenters. The molecule has 1 N–H and O–H groups in total. The van der Waals surface area contributed by atoms with Crippen LogP contribution in [0.5, 0.6) is 0 Å². The van der Waals surface area contributed by atoms with Gasteiger partial charge in [0.25, 0.3) is 0 Å². The Labute approximate surface area is 129 Å². The zero-order valence-corrected chi connectivity index (χ0v) is 13.7. The van der Waals surface area contributed by atoms with E-state index in [1.54, 1.807) is 0 Å². The molecule has 0 bridgehead atoms. The minimum absolute atomic E-state index is 0.666. The van der Waals surface area contributed by atoms with Crippen LogP contribution in [0.2, 0.25) is 0 Å². The Kier molecular flexibility index (Phi) is 4.48. The summed E-state index contributed by atoms with van der Waals surface area (Å²) in [6.45, 7) is 5.47. The van der Waals surface area contributed by atoms with E-state index in [1.165, 1.54) is 44.1 Å². The van der Waals surface area contributed by atoms with Gasteiger partial charge >= 0.3 is 0 Å². The quantitative estimate of drug-likeness (QED) is 0.896. The van der Waals surface area contributed by atoms with Crippen molar-refractivity contribution in [3.63, 3.8) is 0 Å². The van der Waals surface area contributed by atoms with Crippen LogP contribution in [0.25, 0.3) is 0 Å². The van der Waals surface area contributed by atoms with Crippen molar-refractivity contribution >= 4 is 5.82 Å². The predicted octanol–water partition coefficient (Wildman–Crippen LogP) is 3.66. The van der Waals surface area contributed by atoms with Gasteiger partial charge in [0.05, 0.1) is 0 Å². The van der Waals surface area contributed by atoms with Crippen molar-refractivity contribution in [3.05, 3.63) is 23.4 Å². The Balaban J connectivity index is 1.67. The molecular formula is C18H29N3. The van der Waals surface area contributed by atoms with E-state index in [2.05, 4.69) is 43.2 Å². The number of aryl methyl sites for hydroxylation is 1. The van der Waals surface area contributed by atoms with Gasteiger partial charge in [-0.15, -0.1) is 0 Å². The maximum absolute atomic E-state index is 4.77. The second kappa shape index (κ2) is 6.35. The van der Waals surface area contributed by atoms with Crippen LogP contribution in [-0.2, 0) is 6.54 Å². The van der Waals surface area contributed by atoms with Crippen LogP contribution in [-0.4, -0.2) is 24.1 Å². The second-order valence-electron chi connectivity index (χ2n) is 7.15. The molecule has 0 amide bonds. The van der Waals surface area contributed by atoms with E-state index in [4.69, 9.17) is 4.98 Å². The average molecular weight is 287 g/mol. The Hall–Kier alpha value is -1.09. The van der Waals surface area contributed by atoms with Gasteiger partial charge in [-0.05, 0) is 69.1 Å². The first kappa shape index (κ1) is 14.8. The predicted molar refractivity (Wildman–Crippen MR) is 88.7 cm³/mol. The van der Waals surface area contributed by atoms with Gasteiger partial charge in [-0.3, -0.25) is 0 Å². The second-order valence-corrected chi connectivity index (χ2v) is 7.15. The van der Waals surface area contributed by atoms with E-state index in [9.17, 15) is 0 Å². The molecule has 0 radical (unpaired) electrons. The first-order valence-corrected chi connectivity index (χ1v) is 8.55. The Morgan fingerprint density at radius 1 is 1.14 bits per heavy atom. The Morgan fingerprint density at radius 3 is 2.52 bits per heavy atom. The van der Waals surface area contributed by atoms with Gasteiger partial charge in [-0.1, -0.05) is 6.92 Å². The molecule has 2 aliphatic rings. The molecule has 116 valence electrons. The molecule has 1 aromatic heterocycles. The van der Waals surface area contributed by atoms with Crippen molar-refractivity contribution in [3.8, 4) is 0 Å². The van der Waals surface area contributed by atoms with Crippen LogP contribution in [0, 0.1) is 12.8 Å². The fourth-order valence-corrected chi connectivity index (χ4v) is 3.37. The fourth-order valence-electron chi connectivity index (χ4n) is 3.37. The topological polar surface area (TPSA) is 28.2 Å². The maximum Gasteiger partial charge on any atom is 0.129 e. The normalized spacial score (nSPS) is 25.9. The van der Waals surface area contributed by atoms with Gasteiger partial charge in [0.1, 0.15) is 5.82 Å².